The summed E-state index contributed by atoms with van der Waals surface area (Å²) in [6.45, 7) is 12.7. The maximum absolute atomic E-state index is 6.09. The highest BCUT2D eigenvalue weighted by Crippen LogP contribution is 2.14. The van der Waals surface area contributed by atoms with E-state index in [4.69, 9.17) is 5.73 Å². The number of hydrogen-bond acceptors (Lipinski definition) is 1. The quantitative estimate of drug-likeness (QED) is 0.620. The molecule has 0 fully saturated rings. The second-order valence-electron chi connectivity index (χ2n) is 6.24. The molecule has 0 unspecified atom stereocenters. The molecule has 0 saturated carbocycles. The lowest BCUT2D eigenvalue weighted by Gasteiger charge is -2.36. The van der Waals surface area contributed by atoms with E-state index >= 15 is 0 Å². The van der Waals surface area contributed by atoms with Crippen molar-refractivity contribution in [3.63, 3.8) is 0 Å². The number of nitrogens with zero attached hydrogens (tertiary/aromatic N) is 1. The van der Waals surface area contributed by atoms with Gasteiger partial charge in [0.2, 0.25) is 0 Å². The molecule has 114 valence electrons. The second-order valence-corrected chi connectivity index (χ2v) is 6.24. The van der Waals surface area contributed by atoms with Crippen molar-refractivity contribution >= 4 is 12.4 Å². The van der Waals surface area contributed by atoms with Gasteiger partial charge in [0.1, 0.15) is 0 Å². The Hall–Kier alpha value is 0.500. The van der Waals surface area contributed by atoms with Crippen LogP contribution in [-0.2, 0) is 0 Å². The monoisotopic (exact) mass is 300 g/mol. The van der Waals surface area contributed by atoms with E-state index < -0.39 is 0 Å². The number of halogens is 2. The van der Waals surface area contributed by atoms with E-state index in [1.54, 1.807) is 0 Å². The predicted molar refractivity (Wildman–Crippen MR) is 80.7 cm³/mol. The van der Waals surface area contributed by atoms with Gasteiger partial charge in [-0.15, -0.1) is 12.4 Å². The fourth-order valence-electron chi connectivity index (χ4n) is 1.97. The van der Waals surface area contributed by atoms with Gasteiger partial charge in [-0.25, -0.2) is 0 Å². The third-order valence-corrected chi connectivity index (χ3v) is 3.40. The molecule has 0 aliphatic heterocycles. The van der Waals surface area contributed by atoms with Crippen LogP contribution in [0.3, 0.4) is 0 Å². The van der Waals surface area contributed by atoms with E-state index in [9.17, 15) is 0 Å². The molecule has 0 aliphatic rings. The molecule has 0 amide bonds. The third kappa shape index (κ3) is 12.9. The molecule has 0 heterocycles. The highest BCUT2D eigenvalue weighted by Gasteiger charge is 2.23. The van der Waals surface area contributed by atoms with Gasteiger partial charge in [-0.3, -0.25) is 0 Å². The van der Waals surface area contributed by atoms with Gasteiger partial charge >= 0.3 is 0 Å². The molecule has 0 atom stereocenters. The van der Waals surface area contributed by atoms with Crippen LogP contribution in [0.2, 0.25) is 0 Å². The first-order chi connectivity index (χ1) is 7.33. The van der Waals surface area contributed by atoms with Crippen molar-refractivity contribution in [1.29, 1.82) is 0 Å². The molecule has 0 rings (SSSR count). The van der Waals surface area contributed by atoms with Crippen LogP contribution in [0.1, 0.15) is 59.8 Å². The Morgan fingerprint density at radius 1 is 0.944 bits per heavy atom. The molecule has 2 nitrogen and oxygen atoms in total. The molecule has 0 saturated heterocycles. The van der Waals surface area contributed by atoms with Crippen LogP contribution in [0, 0.1) is 0 Å². The van der Waals surface area contributed by atoms with E-state index in [1.807, 2.05) is 0 Å². The van der Waals surface area contributed by atoms with Crippen LogP contribution in [0.25, 0.3) is 0 Å². The van der Waals surface area contributed by atoms with E-state index in [1.165, 1.54) is 49.8 Å². The van der Waals surface area contributed by atoms with Crippen LogP contribution in [0.4, 0.5) is 0 Å². The first-order valence-corrected chi connectivity index (χ1v) is 6.95. The Kier molecular flexibility index (Phi) is 14.9. The van der Waals surface area contributed by atoms with Gasteiger partial charge in [0.15, 0.2) is 0 Å². The minimum Gasteiger partial charge on any atom is -1.00 e. The summed E-state index contributed by atoms with van der Waals surface area (Å²) < 4.78 is 1.21. The molecule has 0 bridgehead atoms. The van der Waals surface area contributed by atoms with Gasteiger partial charge in [0, 0.05) is 12.0 Å². The highest BCUT2D eigenvalue weighted by atomic mass is 35.5. The van der Waals surface area contributed by atoms with E-state index in [0.717, 1.165) is 6.42 Å². The maximum atomic E-state index is 6.09. The number of rotatable bonds is 9. The fourth-order valence-corrected chi connectivity index (χ4v) is 1.97. The molecule has 0 aliphatic carbocycles. The summed E-state index contributed by atoms with van der Waals surface area (Å²) in [7, 11) is 2.40. The van der Waals surface area contributed by atoms with E-state index in [0.29, 0.717) is 0 Å². The zero-order chi connectivity index (χ0) is 12.7. The Morgan fingerprint density at radius 3 is 1.61 bits per heavy atom. The molecule has 4 heteroatoms. The lowest BCUT2D eigenvalue weighted by Crippen LogP contribution is -3.00. The highest BCUT2D eigenvalue weighted by molar-refractivity contribution is 5.85. The van der Waals surface area contributed by atoms with Crippen molar-refractivity contribution < 1.29 is 16.9 Å². The molecular formula is C14H34Cl2N2. The molecule has 0 radical (unpaired) electrons. The predicted octanol–water partition coefficient (Wildman–Crippen LogP) is 0.586. The number of quaternary nitrogens is 1. The van der Waals surface area contributed by atoms with Crippen molar-refractivity contribution in [1.82, 2.24) is 0 Å². The summed E-state index contributed by atoms with van der Waals surface area (Å²) >= 11 is 0. The molecule has 0 aromatic heterocycles. The summed E-state index contributed by atoms with van der Waals surface area (Å²) in [5.41, 5.74) is 6.07. The molecule has 18 heavy (non-hydrogen) atoms. The SMILES string of the molecule is CCCC[N+](C)(CCCC)CCC(C)(C)N.Cl.[Cl-]. The summed E-state index contributed by atoms with van der Waals surface area (Å²) in [6.07, 6.45) is 6.39. The van der Waals surface area contributed by atoms with Gasteiger partial charge in [-0.2, -0.15) is 0 Å². The van der Waals surface area contributed by atoms with Crippen molar-refractivity contribution in [2.75, 3.05) is 26.7 Å². The van der Waals surface area contributed by atoms with Gasteiger partial charge < -0.3 is 22.6 Å². The Balaban J connectivity index is -0.00000112. The topological polar surface area (TPSA) is 26.0 Å². The Labute approximate surface area is 127 Å². The van der Waals surface area contributed by atoms with Crippen LogP contribution in [0.15, 0.2) is 0 Å². The first kappa shape index (κ1) is 23.6. The molecular weight excluding hydrogens is 267 g/mol. The second kappa shape index (κ2) is 11.3. The van der Waals surface area contributed by atoms with Crippen molar-refractivity contribution in [2.24, 2.45) is 5.73 Å². The number of unbranched alkanes of at least 4 members (excludes halogenated alkanes) is 2. The average molecular weight is 301 g/mol. The third-order valence-electron chi connectivity index (χ3n) is 3.40. The normalized spacial score (nSPS) is 11.7. The zero-order valence-corrected chi connectivity index (χ0v) is 14.5. The van der Waals surface area contributed by atoms with Crippen LogP contribution in [0.5, 0.6) is 0 Å². The van der Waals surface area contributed by atoms with Gasteiger partial charge in [0.25, 0.3) is 0 Å². The maximum Gasteiger partial charge on any atom is 0.0802 e. The fraction of sp³-hybridized carbons (Fsp3) is 1.00. The van der Waals surface area contributed by atoms with E-state index in [2.05, 4.69) is 34.7 Å². The van der Waals surface area contributed by atoms with Gasteiger partial charge in [0.05, 0.1) is 26.7 Å². The number of hydrogen-bond donors (Lipinski definition) is 1. The largest absolute Gasteiger partial charge is 1.00 e. The number of nitrogens with two attached hydrogens (primary N) is 1. The summed E-state index contributed by atoms with van der Waals surface area (Å²) in [4.78, 5) is 0. The zero-order valence-electron chi connectivity index (χ0n) is 13.0. The summed E-state index contributed by atoms with van der Waals surface area (Å²) in [5.74, 6) is 0. The standard InChI is InChI=1S/C14H33N2.2ClH/c1-6-8-11-16(5,12-9-7-2)13-10-14(3,4)15;;/h6-13,15H2,1-5H3;2*1H/q+1;;/p-1. The first-order valence-electron chi connectivity index (χ1n) is 6.95. The van der Waals surface area contributed by atoms with Crippen molar-refractivity contribution in [2.45, 2.75) is 65.3 Å². The lowest BCUT2D eigenvalue weighted by atomic mass is 10.0. The van der Waals surface area contributed by atoms with Crippen LogP contribution in [-0.4, -0.2) is 36.7 Å². The summed E-state index contributed by atoms with van der Waals surface area (Å²) in [5, 5.41) is 0. The molecule has 0 aromatic carbocycles. The van der Waals surface area contributed by atoms with Crippen LogP contribution >= 0.6 is 12.4 Å². The van der Waals surface area contributed by atoms with Crippen molar-refractivity contribution in [3.05, 3.63) is 0 Å². The Bertz CT molecular complexity index is 171. The molecule has 2 N–H and O–H groups in total. The molecule has 0 spiro atoms. The lowest BCUT2D eigenvalue weighted by molar-refractivity contribution is -0.910. The van der Waals surface area contributed by atoms with Gasteiger partial charge in [-0.1, -0.05) is 26.7 Å². The molecule has 0 aromatic rings. The van der Waals surface area contributed by atoms with E-state index in [-0.39, 0.29) is 30.4 Å². The smallest absolute Gasteiger partial charge is 0.0802 e. The average Bonchev–Trinajstić information content (AvgIpc) is 2.20. The minimum atomic E-state index is -0.0159. The van der Waals surface area contributed by atoms with Crippen LogP contribution < -0.4 is 18.1 Å². The minimum absolute atomic E-state index is 0. The van der Waals surface area contributed by atoms with Crippen molar-refractivity contribution in [3.8, 4) is 0 Å². The Morgan fingerprint density at radius 2 is 1.33 bits per heavy atom. The summed E-state index contributed by atoms with van der Waals surface area (Å²) in [6, 6.07) is 0. The van der Waals surface area contributed by atoms with Gasteiger partial charge in [-0.05, 0) is 26.7 Å².